The molecule has 4 aromatic rings. The first-order chi connectivity index (χ1) is 23.7. The standard InChI is InChI=1S/C40H48N6O3/c1-40(2)16-11-32-35(23-40)43-44-37(32)34-21-29-7-8-30(22-33(29)41-34)39(49)46-19-12-25(13-20-46)24-45-17-14-27(15-18-45)26-3-5-28(6-4-26)31-9-10-36(47)42-38(31)48/h3-8,21-22,25,27,31,41H,9-20,23-24H2,1-2H3,(H,43,44)(H,42,47,48). The molecule has 0 spiro atoms. The summed E-state index contributed by atoms with van der Waals surface area (Å²) in [5, 5.41) is 11.6. The average Bonchev–Trinajstić information content (AvgIpc) is 3.71. The monoisotopic (exact) mass is 660 g/mol. The Balaban J connectivity index is 0.820. The van der Waals surface area contributed by atoms with E-state index in [-0.39, 0.29) is 23.6 Å². The van der Waals surface area contributed by atoms with Crippen LogP contribution in [0.2, 0.25) is 0 Å². The minimum Gasteiger partial charge on any atom is -0.353 e. The molecule has 0 radical (unpaired) electrons. The highest BCUT2D eigenvalue weighted by molar-refractivity contribution is 6.01. The summed E-state index contributed by atoms with van der Waals surface area (Å²) in [5.74, 6) is 0.714. The van der Waals surface area contributed by atoms with Gasteiger partial charge in [-0.1, -0.05) is 44.2 Å². The Morgan fingerprint density at radius 1 is 0.898 bits per heavy atom. The molecule has 9 heteroatoms. The van der Waals surface area contributed by atoms with Crippen molar-refractivity contribution in [1.82, 2.24) is 30.3 Å². The van der Waals surface area contributed by atoms with E-state index in [9.17, 15) is 14.4 Å². The fraction of sp³-hybridized carbons (Fsp3) is 0.500. The molecule has 3 amide bonds. The topological polar surface area (TPSA) is 114 Å². The van der Waals surface area contributed by atoms with Gasteiger partial charge in [0.05, 0.1) is 11.6 Å². The number of carbonyl (C=O) groups is 3. The molecule has 2 aromatic heterocycles. The summed E-state index contributed by atoms with van der Waals surface area (Å²) in [7, 11) is 0. The van der Waals surface area contributed by atoms with Crippen LogP contribution >= 0.6 is 0 Å². The number of amides is 3. The van der Waals surface area contributed by atoms with Gasteiger partial charge in [-0.2, -0.15) is 5.10 Å². The van der Waals surface area contributed by atoms with E-state index in [1.807, 2.05) is 17.0 Å². The van der Waals surface area contributed by atoms with Crippen LogP contribution in [0.5, 0.6) is 0 Å². The van der Waals surface area contributed by atoms with Gasteiger partial charge in [0.25, 0.3) is 5.91 Å². The molecule has 1 unspecified atom stereocenters. The van der Waals surface area contributed by atoms with Crippen LogP contribution in [0.15, 0.2) is 48.5 Å². The lowest BCUT2D eigenvalue weighted by Crippen LogP contribution is -2.43. The number of imide groups is 1. The van der Waals surface area contributed by atoms with Gasteiger partial charge in [0.15, 0.2) is 0 Å². The van der Waals surface area contributed by atoms with Crippen molar-refractivity contribution in [1.29, 1.82) is 0 Å². The molecule has 1 atom stereocenters. The van der Waals surface area contributed by atoms with Gasteiger partial charge in [-0.05, 0) is 111 Å². The van der Waals surface area contributed by atoms with E-state index in [0.29, 0.717) is 30.1 Å². The van der Waals surface area contributed by atoms with Crippen LogP contribution < -0.4 is 5.32 Å². The number of aromatic amines is 2. The van der Waals surface area contributed by atoms with Crippen molar-refractivity contribution >= 4 is 28.6 Å². The SMILES string of the molecule is CC1(C)CCc2c(-c3cc4ccc(C(=O)N5CCC(CN6CCC(c7ccc(C8CCC(=O)NC8=O)cc7)CC6)CC5)cc4[nH]3)n[nH]c2C1. The number of likely N-dealkylation sites (tertiary alicyclic amines) is 2. The minimum absolute atomic E-state index is 0.125. The smallest absolute Gasteiger partial charge is 0.253 e. The molecule has 0 bridgehead atoms. The molecule has 256 valence electrons. The number of fused-ring (bicyclic) bond motifs is 2. The normalized spacial score (nSPS) is 22.3. The van der Waals surface area contributed by atoms with Crippen molar-refractivity contribution in [2.75, 3.05) is 32.7 Å². The fourth-order valence-corrected chi connectivity index (χ4v) is 8.78. The molecule has 4 aliphatic rings. The van der Waals surface area contributed by atoms with Crippen molar-refractivity contribution in [3.05, 3.63) is 76.5 Å². The molecular formula is C40H48N6O3. The second kappa shape index (κ2) is 12.9. The number of H-pyrrole nitrogens is 2. The van der Waals surface area contributed by atoms with E-state index in [4.69, 9.17) is 5.10 Å². The predicted molar refractivity (Wildman–Crippen MR) is 190 cm³/mol. The predicted octanol–water partition coefficient (Wildman–Crippen LogP) is 6.32. The molecule has 5 heterocycles. The van der Waals surface area contributed by atoms with Crippen LogP contribution in [-0.2, 0) is 22.4 Å². The Kier molecular flexibility index (Phi) is 8.42. The van der Waals surface area contributed by atoms with Gasteiger partial charge in [0, 0.05) is 53.8 Å². The zero-order chi connectivity index (χ0) is 33.7. The molecule has 3 N–H and O–H groups in total. The second-order valence-electron chi connectivity index (χ2n) is 15.8. The number of piperidine rings is 3. The van der Waals surface area contributed by atoms with Gasteiger partial charge in [-0.3, -0.25) is 24.8 Å². The molecule has 2 aromatic carbocycles. The van der Waals surface area contributed by atoms with E-state index in [1.54, 1.807) is 0 Å². The van der Waals surface area contributed by atoms with E-state index in [2.05, 4.69) is 70.5 Å². The number of nitrogens with zero attached hydrogens (tertiary/aromatic N) is 3. The van der Waals surface area contributed by atoms with Gasteiger partial charge < -0.3 is 14.8 Å². The van der Waals surface area contributed by atoms with Gasteiger partial charge >= 0.3 is 0 Å². The Labute approximate surface area is 288 Å². The highest BCUT2D eigenvalue weighted by atomic mass is 16.2. The van der Waals surface area contributed by atoms with Crippen LogP contribution in [0.1, 0.15) is 103 Å². The van der Waals surface area contributed by atoms with Crippen LogP contribution in [0.25, 0.3) is 22.3 Å². The number of rotatable bonds is 6. The zero-order valence-corrected chi connectivity index (χ0v) is 28.8. The van der Waals surface area contributed by atoms with Crippen molar-refractivity contribution in [2.45, 2.75) is 83.5 Å². The summed E-state index contributed by atoms with van der Waals surface area (Å²) >= 11 is 0. The van der Waals surface area contributed by atoms with Crippen molar-refractivity contribution < 1.29 is 14.4 Å². The minimum atomic E-state index is -0.224. The number of hydrogen-bond donors (Lipinski definition) is 3. The maximum absolute atomic E-state index is 13.6. The summed E-state index contributed by atoms with van der Waals surface area (Å²) in [4.78, 5) is 45.6. The molecule has 3 aliphatic heterocycles. The summed E-state index contributed by atoms with van der Waals surface area (Å²) in [6.45, 7) is 9.55. The molecule has 9 nitrogen and oxygen atoms in total. The Hall–Kier alpha value is -4.24. The van der Waals surface area contributed by atoms with Crippen LogP contribution in [-0.4, -0.2) is 75.4 Å². The molecule has 0 saturated carbocycles. The third kappa shape index (κ3) is 6.57. The van der Waals surface area contributed by atoms with E-state index in [0.717, 1.165) is 111 Å². The van der Waals surface area contributed by atoms with Gasteiger partial charge in [-0.15, -0.1) is 0 Å². The summed E-state index contributed by atoms with van der Waals surface area (Å²) in [6.07, 6.45) is 8.58. The third-order valence-corrected chi connectivity index (χ3v) is 11.8. The van der Waals surface area contributed by atoms with Crippen LogP contribution in [0.4, 0.5) is 0 Å². The molecular weight excluding hydrogens is 612 g/mol. The first kappa shape index (κ1) is 32.0. The third-order valence-electron chi connectivity index (χ3n) is 11.8. The van der Waals surface area contributed by atoms with Gasteiger partial charge in [-0.25, -0.2) is 0 Å². The zero-order valence-electron chi connectivity index (χ0n) is 28.8. The van der Waals surface area contributed by atoms with Crippen molar-refractivity contribution in [2.24, 2.45) is 11.3 Å². The van der Waals surface area contributed by atoms with Crippen molar-refractivity contribution in [3.63, 3.8) is 0 Å². The van der Waals surface area contributed by atoms with E-state index in [1.165, 1.54) is 16.8 Å². The number of benzene rings is 2. The van der Waals surface area contributed by atoms with Gasteiger partial charge in [0.1, 0.15) is 5.69 Å². The molecule has 3 fully saturated rings. The maximum Gasteiger partial charge on any atom is 0.253 e. The number of nitrogens with one attached hydrogen (secondary N) is 3. The Morgan fingerprint density at radius 3 is 2.41 bits per heavy atom. The lowest BCUT2D eigenvalue weighted by molar-refractivity contribution is -0.134. The summed E-state index contributed by atoms with van der Waals surface area (Å²) < 4.78 is 0. The van der Waals surface area contributed by atoms with Crippen LogP contribution in [0, 0.1) is 11.3 Å². The lowest BCUT2D eigenvalue weighted by Gasteiger charge is -2.38. The van der Waals surface area contributed by atoms with Gasteiger partial charge in [0.2, 0.25) is 11.8 Å². The lowest BCUT2D eigenvalue weighted by atomic mass is 9.76. The number of hydrogen-bond acceptors (Lipinski definition) is 5. The first-order valence-electron chi connectivity index (χ1n) is 18.3. The second-order valence-corrected chi connectivity index (χ2v) is 15.8. The maximum atomic E-state index is 13.6. The fourth-order valence-electron chi connectivity index (χ4n) is 8.78. The highest BCUT2D eigenvalue weighted by Gasteiger charge is 2.31. The van der Waals surface area contributed by atoms with E-state index < -0.39 is 0 Å². The Bertz CT molecular complexity index is 1870. The quantitative estimate of drug-likeness (QED) is 0.209. The molecule has 3 saturated heterocycles. The summed E-state index contributed by atoms with van der Waals surface area (Å²) in [6, 6.07) is 16.7. The number of carbonyl (C=O) groups excluding carboxylic acids is 3. The van der Waals surface area contributed by atoms with E-state index >= 15 is 0 Å². The number of aromatic nitrogens is 3. The summed E-state index contributed by atoms with van der Waals surface area (Å²) in [5.41, 5.74) is 9.00. The van der Waals surface area contributed by atoms with Crippen LogP contribution in [0.3, 0.4) is 0 Å². The first-order valence-corrected chi connectivity index (χ1v) is 18.3. The largest absolute Gasteiger partial charge is 0.353 e. The van der Waals surface area contributed by atoms with Crippen molar-refractivity contribution in [3.8, 4) is 11.4 Å². The molecule has 8 rings (SSSR count). The highest BCUT2D eigenvalue weighted by Crippen LogP contribution is 2.38. The average molecular weight is 661 g/mol. The molecule has 1 aliphatic carbocycles. The Morgan fingerprint density at radius 2 is 1.65 bits per heavy atom. The molecule has 49 heavy (non-hydrogen) atoms.